The molecule has 2 aliphatic rings. The minimum Gasteiger partial charge on any atom is -0.497 e. The van der Waals surface area contributed by atoms with Gasteiger partial charge in [-0.1, -0.05) is 0 Å². The number of hydrogen-bond acceptors (Lipinski definition) is 5. The third kappa shape index (κ3) is 5.92. The van der Waals surface area contributed by atoms with E-state index in [9.17, 15) is 0 Å². The predicted molar refractivity (Wildman–Crippen MR) is 120 cm³/mol. The van der Waals surface area contributed by atoms with E-state index in [0.29, 0.717) is 12.1 Å². The molecule has 162 valence electrons. The molecule has 2 unspecified atom stereocenters. The largest absolute Gasteiger partial charge is 0.497 e. The Hall–Kier alpha value is -2.15. The highest BCUT2D eigenvalue weighted by Crippen LogP contribution is 2.30. The van der Waals surface area contributed by atoms with Crippen LogP contribution in [0.15, 0.2) is 23.2 Å². The molecule has 1 aliphatic heterocycles. The highest BCUT2D eigenvalue weighted by molar-refractivity contribution is 5.80. The van der Waals surface area contributed by atoms with E-state index in [1.54, 1.807) is 14.2 Å². The average molecular weight is 404 g/mol. The van der Waals surface area contributed by atoms with Gasteiger partial charge in [0, 0.05) is 61.6 Å². The van der Waals surface area contributed by atoms with Crippen LogP contribution < -0.4 is 25.0 Å². The fourth-order valence-corrected chi connectivity index (χ4v) is 3.79. The number of methoxy groups -OCH3 is 2. The molecule has 0 spiro atoms. The molecule has 1 saturated heterocycles. The minimum atomic E-state index is 0.362. The van der Waals surface area contributed by atoms with E-state index in [1.165, 1.54) is 12.8 Å². The second-order valence-corrected chi connectivity index (χ2v) is 8.11. The second kappa shape index (κ2) is 10.1. The first-order valence-electron chi connectivity index (χ1n) is 10.8. The van der Waals surface area contributed by atoms with E-state index in [2.05, 4.69) is 53.5 Å². The summed E-state index contributed by atoms with van der Waals surface area (Å²) in [5.41, 5.74) is 1.13. The number of guanidine groups is 1. The summed E-state index contributed by atoms with van der Waals surface area (Å²) in [6, 6.07) is 7.63. The standard InChI is InChI=1S/C22H37N5O2/c1-6-23-22(24-14-16(2)26(3)18-7-8-18)25-17-9-10-27(15-17)19-11-20(28-4)13-21(12-19)29-5/h11-13,16-18H,6-10,14-15H2,1-5H3,(H2,23,24,25). The first kappa shape index (κ1) is 21.6. The Labute approximate surface area is 175 Å². The Morgan fingerprint density at radius 3 is 2.48 bits per heavy atom. The van der Waals surface area contributed by atoms with Crippen LogP contribution in [0.4, 0.5) is 5.69 Å². The van der Waals surface area contributed by atoms with Crippen LogP contribution in [0.5, 0.6) is 11.5 Å². The number of hydrogen-bond donors (Lipinski definition) is 2. The summed E-state index contributed by atoms with van der Waals surface area (Å²) in [6.07, 6.45) is 3.73. The SMILES string of the molecule is CCNC(=NCC(C)N(C)C1CC1)NC1CCN(c2cc(OC)cc(OC)c2)C1. The highest BCUT2D eigenvalue weighted by Gasteiger charge is 2.29. The lowest BCUT2D eigenvalue weighted by Gasteiger charge is -2.24. The summed E-state index contributed by atoms with van der Waals surface area (Å²) in [4.78, 5) is 9.68. The number of aliphatic imine (C=N–C) groups is 1. The van der Waals surface area contributed by atoms with Crippen molar-refractivity contribution in [3.63, 3.8) is 0 Å². The summed E-state index contributed by atoms with van der Waals surface area (Å²) in [7, 11) is 5.59. The van der Waals surface area contributed by atoms with Gasteiger partial charge in [-0.2, -0.15) is 0 Å². The zero-order valence-electron chi connectivity index (χ0n) is 18.6. The second-order valence-electron chi connectivity index (χ2n) is 8.11. The third-order valence-electron chi connectivity index (χ3n) is 5.91. The van der Waals surface area contributed by atoms with Gasteiger partial charge in [0.15, 0.2) is 5.96 Å². The monoisotopic (exact) mass is 403 g/mol. The fourth-order valence-electron chi connectivity index (χ4n) is 3.79. The molecule has 0 bridgehead atoms. The van der Waals surface area contributed by atoms with Crippen molar-refractivity contribution in [1.29, 1.82) is 0 Å². The quantitative estimate of drug-likeness (QED) is 0.487. The van der Waals surface area contributed by atoms with Crippen LogP contribution in [-0.4, -0.2) is 76.4 Å². The molecule has 0 aromatic heterocycles. The van der Waals surface area contributed by atoms with E-state index >= 15 is 0 Å². The maximum absolute atomic E-state index is 5.42. The summed E-state index contributed by atoms with van der Waals surface area (Å²) < 4.78 is 10.8. The van der Waals surface area contributed by atoms with E-state index in [4.69, 9.17) is 14.5 Å². The predicted octanol–water partition coefficient (Wildman–Crippen LogP) is 2.32. The number of benzene rings is 1. The molecule has 0 radical (unpaired) electrons. The van der Waals surface area contributed by atoms with Crippen LogP contribution in [0.1, 0.15) is 33.1 Å². The Kier molecular flexibility index (Phi) is 7.47. The topological polar surface area (TPSA) is 61.4 Å². The van der Waals surface area contributed by atoms with Crippen molar-refractivity contribution in [1.82, 2.24) is 15.5 Å². The van der Waals surface area contributed by atoms with Gasteiger partial charge in [0.2, 0.25) is 0 Å². The van der Waals surface area contributed by atoms with Gasteiger partial charge in [-0.15, -0.1) is 0 Å². The van der Waals surface area contributed by atoms with Gasteiger partial charge in [0.05, 0.1) is 20.8 Å². The summed E-state index contributed by atoms with van der Waals surface area (Å²) in [5, 5.41) is 7.03. The Morgan fingerprint density at radius 1 is 1.21 bits per heavy atom. The molecule has 3 rings (SSSR count). The summed E-state index contributed by atoms with van der Waals surface area (Å²) in [5.74, 6) is 2.55. The first-order chi connectivity index (χ1) is 14.0. The van der Waals surface area contributed by atoms with Crippen LogP contribution in [-0.2, 0) is 0 Å². The lowest BCUT2D eigenvalue weighted by molar-refractivity contribution is 0.253. The first-order valence-corrected chi connectivity index (χ1v) is 10.8. The molecule has 2 fully saturated rings. The van der Waals surface area contributed by atoms with Gasteiger partial charge in [0.1, 0.15) is 11.5 Å². The molecule has 1 heterocycles. The maximum atomic E-state index is 5.42. The van der Waals surface area contributed by atoms with Gasteiger partial charge < -0.3 is 25.0 Å². The van der Waals surface area contributed by atoms with Crippen molar-refractivity contribution >= 4 is 11.6 Å². The third-order valence-corrected chi connectivity index (χ3v) is 5.91. The van der Waals surface area contributed by atoms with Crippen molar-refractivity contribution in [2.24, 2.45) is 4.99 Å². The zero-order chi connectivity index (χ0) is 20.8. The Balaban J connectivity index is 1.58. The number of nitrogens with zero attached hydrogens (tertiary/aromatic N) is 3. The average Bonchev–Trinajstić information content (AvgIpc) is 3.49. The molecule has 7 heteroatoms. The van der Waals surface area contributed by atoms with Crippen molar-refractivity contribution in [2.45, 2.75) is 51.2 Å². The van der Waals surface area contributed by atoms with Gasteiger partial charge in [-0.3, -0.25) is 9.89 Å². The molecular formula is C22H37N5O2. The van der Waals surface area contributed by atoms with Crippen molar-refractivity contribution in [3.05, 3.63) is 18.2 Å². The minimum absolute atomic E-state index is 0.362. The van der Waals surface area contributed by atoms with Crippen LogP contribution >= 0.6 is 0 Å². The molecule has 1 aromatic rings. The van der Waals surface area contributed by atoms with E-state index < -0.39 is 0 Å². The number of rotatable bonds is 9. The van der Waals surface area contributed by atoms with Crippen LogP contribution in [0.25, 0.3) is 0 Å². The smallest absolute Gasteiger partial charge is 0.191 e. The molecule has 1 saturated carbocycles. The lowest BCUT2D eigenvalue weighted by Crippen LogP contribution is -2.45. The molecule has 7 nitrogen and oxygen atoms in total. The molecule has 0 amide bonds. The summed E-state index contributed by atoms with van der Waals surface area (Å²) in [6.45, 7) is 7.97. The molecule has 1 aromatic carbocycles. The number of ether oxygens (including phenoxy) is 2. The van der Waals surface area contributed by atoms with Gasteiger partial charge in [0.25, 0.3) is 0 Å². The zero-order valence-corrected chi connectivity index (χ0v) is 18.6. The lowest BCUT2D eigenvalue weighted by atomic mass is 10.2. The van der Waals surface area contributed by atoms with Crippen molar-refractivity contribution in [2.75, 3.05) is 52.3 Å². The van der Waals surface area contributed by atoms with Crippen molar-refractivity contribution < 1.29 is 9.47 Å². The number of likely N-dealkylation sites (N-methyl/N-ethyl adjacent to an activating group) is 1. The normalized spacial score (nSPS) is 20.7. The molecule has 2 atom stereocenters. The Morgan fingerprint density at radius 2 is 1.90 bits per heavy atom. The van der Waals surface area contributed by atoms with Crippen LogP contribution in [0, 0.1) is 0 Å². The van der Waals surface area contributed by atoms with Crippen LogP contribution in [0.2, 0.25) is 0 Å². The number of nitrogens with one attached hydrogen (secondary N) is 2. The maximum Gasteiger partial charge on any atom is 0.191 e. The highest BCUT2D eigenvalue weighted by atomic mass is 16.5. The van der Waals surface area contributed by atoms with E-state index in [0.717, 1.165) is 61.8 Å². The van der Waals surface area contributed by atoms with Gasteiger partial charge >= 0.3 is 0 Å². The molecular weight excluding hydrogens is 366 g/mol. The van der Waals surface area contributed by atoms with Crippen molar-refractivity contribution in [3.8, 4) is 11.5 Å². The van der Waals surface area contributed by atoms with Gasteiger partial charge in [-0.05, 0) is 40.2 Å². The van der Waals surface area contributed by atoms with Crippen LogP contribution in [0.3, 0.4) is 0 Å². The number of anilines is 1. The molecule has 1 aliphatic carbocycles. The molecule has 29 heavy (non-hydrogen) atoms. The van der Waals surface area contributed by atoms with Gasteiger partial charge in [-0.25, -0.2) is 0 Å². The summed E-state index contributed by atoms with van der Waals surface area (Å²) >= 11 is 0. The molecule has 2 N–H and O–H groups in total. The fraction of sp³-hybridized carbons (Fsp3) is 0.682. The van der Waals surface area contributed by atoms with E-state index in [-0.39, 0.29) is 0 Å². The van der Waals surface area contributed by atoms with E-state index in [1.807, 2.05) is 6.07 Å². The Bertz CT molecular complexity index is 670.